The summed E-state index contributed by atoms with van der Waals surface area (Å²) in [6.07, 6.45) is 9.70. The number of rotatable bonds is 4. The van der Waals surface area contributed by atoms with Crippen molar-refractivity contribution in [1.82, 2.24) is 14.2 Å². The predicted molar refractivity (Wildman–Crippen MR) is 85.3 cm³/mol. The SMILES string of the molecule is CCn1nc2ccccn2/c1=N/N=C/C1=C(OC)C=CCC1. The first kappa shape index (κ1) is 14.3. The summed E-state index contributed by atoms with van der Waals surface area (Å²) in [7, 11) is 1.67. The number of hydrogen-bond acceptors (Lipinski definition) is 4. The summed E-state index contributed by atoms with van der Waals surface area (Å²) in [5.74, 6) is 0.853. The zero-order valence-corrected chi connectivity index (χ0v) is 12.8. The lowest BCUT2D eigenvalue weighted by Crippen LogP contribution is -2.21. The Balaban J connectivity index is 2.01. The highest BCUT2D eigenvalue weighted by Gasteiger charge is 2.06. The smallest absolute Gasteiger partial charge is 0.252 e. The standard InChI is InChI=1S/C16H19N5O/c1-3-21-16(20-11-7-6-10-15(20)19-21)18-17-12-13-8-4-5-9-14(13)22-2/h5-7,9-12H,3-4,8H2,1-2H3/b17-12+,18-16-. The molecule has 2 aromatic rings. The average Bonchev–Trinajstić information content (AvgIpc) is 2.93. The minimum atomic E-state index is 0.709. The molecule has 0 unspecified atom stereocenters. The second-order valence-corrected chi connectivity index (χ2v) is 4.92. The van der Waals surface area contributed by atoms with Gasteiger partial charge in [-0.3, -0.25) is 4.40 Å². The highest BCUT2D eigenvalue weighted by atomic mass is 16.5. The molecule has 0 bridgehead atoms. The van der Waals surface area contributed by atoms with Crippen LogP contribution in [0.5, 0.6) is 0 Å². The Morgan fingerprint density at radius 1 is 1.41 bits per heavy atom. The molecule has 0 aliphatic heterocycles. The molecule has 0 saturated carbocycles. The molecule has 6 nitrogen and oxygen atoms in total. The van der Waals surface area contributed by atoms with Crippen LogP contribution in [0.4, 0.5) is 0 Å². The Morgan fingerprint density at radius 2 is 2.32 bits per heavy atom. The third-order valence-corrected chi connectivity index (χ3v) is 3.55. The molecule has 0 spiro atoms. The van der Waals surface area contributed by atoms with Crippen LogP contribution < -0.4 is 5.62 Å². The van der Waals surface area contributed by atoms with Crippen molar-refractivity contribution in [2.24, 2.45) is 10.2 Å². The quantitative estimate of drug-likeness (QED) is 0.642. The number of methoxy groups -OCH3 is 1. The number of hydrogen-bond donors (Lipinski definition) is 0. The van der Waals surface area contributed by atoms with Gasteiger partial charge in [0, 0.05) is 18.3 Å². The Hall–Kier alpha value is -2.63. The molecule has 2 aromatic heterocycles. The van der Waals surface area contributed by atoms with E-state index < -0.39 is 0 Å². The molecule has 0 aromatic carbocycles. The zero-order chi connectivity index (χ0) is 15.4. The third-order valence-electron chi connectivity index (χ3n) is 3.55. The summed E-state index contributed by atoms with van der Waals surface area (Å²) in [6.45, 7) is 2.78. The van der Waals surface area contributed by atoms with Crippen LogP contribution in [0.2, 0.25) is 0 Å². The fourth-order valence-electron chi connectivity index (χ4n) is 2.43. The van der Waals surface area contributed by atoms with Crippen LogP contribution in [0.25, 0.3) is 5.65 Å². The second kappa shape index (κ2) is 6.43. The zero-order valence-electron chi connectivity index (χ0n) is 12.8. The number of fused-ring (bicyclic) bond motifs is 1. The summed E-state index contributed by atoms with van der Waals surface area (Å²) in [5.41, 5.74) is 2.63. The van der Waals surface area contributed by atoms with E-state index in [1.54, 1.807) is 13.3 Å². The van der Waals surface area contributed by atoms with E-state index >= 15 is 0 Å². The number of aryl methyl sites for hydroxylation is 1. The molecular formula is C16H19N5O. The molecule has 3 rings (SSSR count). The van der Waals surface area contributed by atoms with Crippen LogP contribution in [0.3, 0.4) is 0 Å². The van der Waals surface area contributed by atoms with E-state index in [2.05, 4.69) is 21.4 Å². The molecule has 114 valence electrons. The molecule has 0 saturated heterocycles. The molecule has 0 N–H and O–H groups in total. The van der Waals surface area contributed by atoms with Crippen molar-refractivity contribution in [1.29, 1.82) is 0 Å². The maximum atomic E-state index is 5.34. The fourth-order valence-corrected chi connectivity index (χ4v) is 2.43. The number of ether oxygens (including phenoxy) is 1. The molecular weight excluding hydrogens is 278 g/mol. The summed E-state index contributed by atoms with van der Waals surface area (Å²) in [5, 5.41) is 13.1. The average molecular weight is 297 g/mol. The lowest BCUT2D eigenvalue weighted by atomic mass is 10.1. The van der Waals surface area contributed by atoms with Crippen molar-refractivity contribution < 1.29 is 4.74 Å². The fraction of sp³-hybridized carbons (Fsp3) is 0.312. The largest absolute Gasteiger partial charge is 0.496 e. The Kier molecular flexibility index (Phi) is 4.18. The summed E-state index contributed by atoms with van der Waals surface area (Å²) >= 11 is 0. The number of pyridine rings is 1. The second-order valence-electron chi connectivity index (χ2n) is 4.92. The van der Waals surface area contributed by atoms with Gasteiger partial charge in [0.05, 0.1) is 13.3 Å². The molecule has 6 heteroatoms. The first-order valence-electron chi connectivity index (χ1n) is 7.38. The topological polar surface area (TPSA) is 56.2 Å². The molecule has 2 heterocycles. The minimum absolute atomic E-state index is 0.709. The summed E-state index contributed by atoms with van der Waals surface area (Å²) in [6, 6.07) is 5.86. The highest BCUT2D eigenvalue weighted by Crippen LogP contribution is 2.17. The van der Waals surface area contributed by atoms with Crippen molar-refractivity contribution in [2.75, 3.05) is 7.11 Å². The van der Waals surface area contributed by atoms with Gasteiger partial charge in [0.2, 0.25) is 0 Å². The van der Waals surface area contributed by atoms with Crippen LogP contribution in [0.15, 0.2) is 58.1 Å². The first-order valence-corrected chi connectivity index (χ1v) is 7.38. The summed E-state index contributed by atoms with van der Waals surface area (Å²) in [4.78, 5) is 0. The van der Waals surface area contributed by atoms with Crippen molar-refractivity contribution >= 4 is 11.9 Å². The van der Waals surface area contributed by atoms with Gasteiger partial charge in [0.1, 0.15) is 5.76 Å². The summed E-state index contributed by atoms with van der Waals surface area (Å²) < 4.78 is 9.10. The van der Waals surface area contributed by atoms with Gasteiger partial charge in [0.25, 0.3) is 5.62 Å². The van der Waals surface area contributed by atoms with Crippen molar-refractivity contribution in [3.05, 3.63) is 53.5 Å². The Bertz CT molecular complexity index is 822. The van der Waals surface area contributed by atoms with Gasteiger partial charge in [-0.05, 0) is 38.0 Å². The first-order chi connectivity index (χ1) is 10.8. The molecule has 22 heavy (non-hydrogen) atoms. The van der Waals surface area contributed by atoms with Crippen LogP contribution in [-0.2, 0) is 11.3 Å². The van der Waals surface area contributed by atoms with Crippen LogP contribution in [-0.4, -0.2) is 27.5 Å². The minimum Gasteiger partial charge on any atom is -0.496 e. The Morgan fingerprint density at radius 3 is 3.14 bits per heavy atom. The monoisotopic (exact) mass is 297 g/mol. The molecule has 1 aliphatic rings. The van der Waals surface area contributed by atoms with Crippen molar-refractivity contribution in [2.45, 2.75) is 26.3 Å². The number of allylic oxidation sites excluding steroid dienone is 3. The van der Waals surface area contributed by atoms with Gasteiger partial charge in [0.15, 0.2) is 5.65 Å². The van der Waals surface area contributed by atoms with Gasteiger partial charge in [-0.15, -0.1) is 5.10 Å². The van der Waals surface area contributed by atoms with Gasteiger partial charge in [-0.2, -0.15) is 10.2 Å². The molecule has 0 atom stereocenters. The molecule has 1 aliphatic carbocycles. The van der Waals surface area contributed by atoms with E-state index in [1.165, 1.54) is 0 Å². The van der Waals surface area contributed by atoms with Crippen molar-refractivity contribution in [3.63, 3.8) is 0 Å². The van der Waals surface area contributed by atoms with Crippen molar-refractivity contribution in [3.8, 4) is 0 Å². The van der Waals surface area contributed by atoms with E-state index in [9.17, 15) is 0 Å². The van der Waals surface area contributed by atoms with Gasteiger partial charge in [-0.25, -0.2) is 4.68 Å². The molecule has 0 fully saturated rings. The van der Waals surface area contributed by atoms with Crippen LogP contribution in [0, 0.1) is 0 Å². The van der Waals surface area contributed by atoms with Crippen LogP contribution in [0.1, 0.15) is 19.8 Å². The lowest BCUT2D eigenvalue weighted by molar-refractivity contribution is 0.301. The van der Waals surface area contributed by atoms with E-state index in [4.69, 9.17) is 4.74 Å². The maximum absolute atomic E-state index is 5.34. The van der Waals surface area contributed by atoms with Crippen LogP contribution >= 0.6 is 0 Å². The molecule has 0 radical (unpaired) electrons. The van der Waals surface area contributed by atoms with E-state index in [-0.39, 0.29) is 0 Å². The number of aromatic nitrogens is 3. The third kappa shape index (κ3) is 2.72. The highest BCUT2D eigenvalue weighted by molar-refractivity contribution is 5.80. The normalized spacial score (nSPS) is 16.2. The van der Waals surface area contributed by atoms with E-state index in [1.807, 2.05) is 46.5 Å². The lowest BCUT2D eigenvalue weighted by Gasteiger charge is -2.10. The van der Waals surface area contributed by atoms with E-state index in [0.29, 0.717) is 5.62 Å². The van der Waals surface area contributed by atoms with Gasteiger partial charge in [-0.1, -0.05) is 12.1 Å². The predicted octanol–water partition coefficient (Wildman–Crippen LogP) is 2.29. The number of nitrogens with zero attached hydrogens (tertiary/aromatic N) is 5. The Labute approximate surface area is 128 Å². The van der Waals surface area contributed by atoms with Gasteiger partial charge >= 0.3 is 0 Å². The maximum Gasteiger partial charge on any atom is 0.252 e. The molecule has 0 amide bonds. The van der Waals surface area contributed by atoms with E-state index in [0.717, 1.165) is 36.4 Å². The van der Waals surface area contributed by atoms with Gasteiger partial charge < -0.3 is 4.74 Å².